The number of carbonyl (C=O) groups is 2. The van der Waals surface area contributed by atoms with Gasteiger partial charge in [0.2, 0.25) is 11.8 Å². The molecule has 0 saturated carbocycles. The number of methoxy groups -OCH3 is 1. The molecule has 0 saturated heterocycles. The maximum Gasteiger partial charge on any atom is 0.264 e. The van der Waals surface area contributed by atoms with Crippen molar-refractivity contribution in [2.24, 2.45) is 0 Å². The van der Waals surface area contributed by atoms with E-state index in [1.807, 2.05) is 27.7 Å². The molecule has 0 aliphatic rings. The van der Waals surface area contributed by atoms with Gasteiger partial charge in [0.15, 0.2) is 0 Å². The molecule has 2 atom stereocenters. The number of aryl methyl sites for hydroxylation is 2. The van der Waals surface area contributed by atoms with Crippen LogP contribution in [-0.4, -0.2) is 50.9 Å². The summed E-state index contributed by atoms with van der Waals surface area (Å²) in [6.45, 7) is 8.65. The molecule has 0 bridgehead atoms. The first-order chi connectivity index (χ1) is 19.4. The Kier molecular flexibility index (Phi) is 10.8. The molecule has 3 rings (SSSR count). The lowest BCUT2D eigenvalue weighted by atomic mass is 10.1. The van der Waals surface area contributed by atoms with Crippen LogP contribution >= 0.6 is 11.6 Å². The molecular formula is C31H38ClN3O5S. The molecule has 220 valence electrons. The van der Waals surface area contributed by atoms with Gasteiger partial charge in [-0.15, -0.1) is 0 Å². The number of hydrogen-bond donors (Lipinski definition) is 1. The number of carbonyl (C=O) groups excluding carboxylic acids is 2. The second kappa shape index (κ2) is 13.9. The summed E-state index contributed by atoms with van der Waals surface area (Å²) in [7, 11) is -2.77. The molecule has 8 nitrogen and oxygen atoms in total. The molecule has 0 aliphatic carbocycles. The van der Waals surface area contributed by atoms with Crippen LogP contribution < -0.4 is 14.4 Å². The van der Waals surface area contributed by atoms with Crippen LogP contribution in [0.25, 0.3) is 0 Å². The predicted molar refractivity (Wildman–Crippen MR) is 163 cm³/mol. The largest absolute Gasteiger partial charge is 0.495 e. The van der Waals surface area contributed by atoms with E-state index >= 15 is 0 Å². The molecule has 2 unspecified atom stereocenters. The standard InChI is InChI=1S/C31H38ClN3O5S/c1-7-23(4)33-31(37)24(5)34(19-25-9-8-10-26(32)18-25)30(36)20-35(28-17-22(3)13-16-29(28)40-6)41(38,39)27-14-11-21(2)12-15-27/h8-18,23-24H,7,19-20H2,1-6H3,(H,33,37). The maximum absolute atomic E-state index is 14.1. The first kappa shape index (κ1) is 32.0. The Labute approximate surface area is 248 Å². The molecular weight excluding hydrogens is 562 g/mol. The quantitative estimate of drug-likeness (QED) is 0.297. The van der Waals surface area contributed by atoms with Crippen molar-refractivity contribution in [3.8, 4) is 5.75 Å². The van der Waals surface area contributed by atoms with Crippen LogP contribution in [0, 0.1) is 13.8 Å². The third-order valence-electron chi connectivity index (χ3n) is 6.90. The van der Waals surface area contributed by atoms with Crippen LogP contribution in [0.15, 0.2) is 71.6 Å². The molecule has 0 radical (unpaired) electrons. The third-order valence-corrected chi connectivity index (χ3v) is 8.91. The summed E-state index contributed by atoms with van der Waals surface area (Å²) in [5.41, 5.74) is 2.61. The van der Waals surface area contributed by atoms with Gasteiger partial charge in [0.1, 0.15) is 18.3 Å². The van der Waals surface area contributed by atoms with Gasteiger partial charge in [-0.25, -0.2) is 8.42 Å². The van der Waals surface area contributed by atoms with Crippen molar-refractivity contribution in [2.45, 2.75) is 64.6 Å². The Morgan fingerprint density at radius 1 is 0.976 bits per heavy atom. The van der Waals surface area contributed by atoms with Gasteiger partial charge in [-0.3, -0.25) is 13.9 Å². The summed E-state index contributed by atoms with van der Waals surface area (Å²) in [6.07, 6.45) is 0.719. The summed E-state index contributed by atoms with van der Waals surface area (Å²) in [6, 6.07) is 17.6. The van der Waals surface area contributed by atoms with Crippen molar-refractivity contribution in [3.63, 3.8) is 0 Å². The normalized spacial score (nSPS) is 12.8. The van der Waals surface area contributed by atoms with Crippen LogP contribution in [0.1, 0.15) is 43.9 Å². The fourth-order valence-electron chi connectivity index (χ4n) is 4.23. The first-order valence-corrected chi connectivity index (χ1v) is 15.3. The number of nitrogens with zero attached hydrogens (tertiary/aromatic N) is 2. The molecule has 2 amide bonds. The minimum absolute atomic E-state index is 0.0309. The van der Waals surface area contributed by atoms with Gasteiger partial charge in [-0.2, -0.15) is 0 Å². The summed E-state index contributed by atoms with van der Waals surface area (Å²) < 4.78 is 34.7. The molecule has 41 heavy (non-hydrogen) atoms. The highest BCUT2D eigenvalue weighted by molar-refractivity contribution is 7.92. The number of benzene rings is 3. The summed E-state index contributed by atoms with van der Waals surface area (Å²) in [4.78, 5) is 28.7. The molecule has 1 N–H and O–H groups in total. The number of sulfonamides is 1. The van der Waals surface area contributed by atoms with E-state index in [0.29, 0.717) is 16.3 Å². The lowest BCUT2D eigenvalue weighted by Crippen LogP contribution is -2.52. The topological polar surface area (TPSA) is 96.0 Å². The number of ether oxygens (including phenoxy) is 1. The van der Waals surface area contributed by atoms with Crippen LogP contribution in [0.2, 0.25) is 5.02 Å². The van der Waals surface area contributed by atoms with Crippen LogP contribution in [0.5, 0.6) is 5.75 Å². The van der Waals surface area contributed by atoms with Gasteiger partial charge < -0.3 is 15.0 Å². The van der Waals surface area contributed by atoms with Crippen molar-refractivity contribution in [2.75, 3.05) is 18.0 Å². The van der Waals surface area contributed by atoms with E-state index in [1.54, 1.807) is 61.5 Å². The number of anilines is 1. The fraction of sp³-hybridized carbons (Fsp3) is 0.355. The fourth-order valence-corrected chi connectivity index (χ4v) is 5.86. The zero-order valence-corrected chi connectivity index (χ0v) is 25.9. The van der Waals surface area contributed by atoms with Crippen molar-refractivity contribution in [3.05, 3.63) is 88.4 Å². The molecule has 0 aromatic heterocycles. The van der Waals surface area contributed by atoms with Crippen LogP contribution in [0.4, 0.5) is 5.69 Å². The van der Waals surface area contributed by atoms with E-state index in [0.717, 1.165) is 21.9 Å². The Morgan fingerprint density at radius 2 is 1.63 bits per heavy atom. The Hall–Kier alpha value is -3.56. The SMILES string of the molecule is CCC(C)NC(=O)C(C)N(Cc1cccc(Cl)c1)C(=O)CN(c1cc(C)ccc1OC)S(=O)(=O)c1ccc(C)cc1. The van der Waals surface area contributed by atoms with Gasteiger partial charge in [0.25, 0.3) is 10.0 Å². The van der Waals surface area contributed by atoms with Crippen LogP contribution in [0.3, 0.4) is 0 Å². The van der Waals surface area contributed by atoms with Gasteiger partial charge in [-0.1, -0.05) is 54.4 Å². The third kappa shape index (κ3) is 8.01. The molecule has 0 heterocycles. The van der Waals surface area contributed by atoms with Gasteiger partial charge >= 0.3 is 0 Å². The summed E-state index contributed by atoms with van der Waals surface area (Å²) in [5, 5.41) is 3.41. The van der Waals surface area contributed by atoms with Gasteiger partial charge in [0, 0.05) is 17.6 Å². The second-order valence-corrected chi connectivity index (χ2v) is 12.4. The van der Waals surface area contributed by atoms with Crippen molar-refractivity contribution in [1.82, 2.24) is 10.2 Å². The molecule has 0 aliphatic heterocycles. The second-order valence-electron chi connectivity index (χ2n) is 10.1. The molecule has 3 aromatic carbocycles. The lowest BCUT2D eigenvalue weighted by Gasteiger charge is -2.33. The monoisotopic (exact) mass is 599 g/mol. The molecule has 0 fully saturated rings. The minimum atomic E-state index is -4.21. The van der Waals surface area contributed by atoms with Gasteiger partial charge in [-0.05, 0) is 81.6 Å². The maximum atomic E-state index is 14.1. The minimum Gasteiger partial charge on any atom is -0.495 e. The highest BCUT2D eigenvalue weighted by atomic mass is 35.5. The van der Waals surface area contributed by atoms with E-state index in [4.69, 9.17) is 16.3 Å². The number of nitrogens with one attached hydrogen (secondary N) is 1. The van der Waals surface area contributed by atoms with Crippen LogP contribution in [-0.2, 0) is 26.2 Å². The first-order valence-electron chi connectivity index (χ1n) is 13.5. The van der Waals surface area contributed by atoms with Crippen molar-refractivity contribution < 1.29 is 22.7 Å². The summed E-state index contributed by atoms with van der Waals surface area (Å²) >= 11 is 6.20. The Morgan fingerprint density at radius 3 is 2.24 bits per heavy atom. The highest BCUT2D eigenvalue weighted by Gasteiger charge is 2.34. The zero-order valence-electron chi connectivity index (χ0n) is 24.3. The average Bonchev–Trinajstić information content (AvgIpc) is 2.94. The molecule has 3 aromatic rings. The predicted octanol–water partition coefficient (Wildman–Crippen LogP) is 5.49. The smallest absolute Gasteiger partial charge is 0.264 e. The van der Waals surface area contributed by atoms with Gasteiger partial charge in [0.05, 0.1) is 17.7 Å². The highest BCUT2D eigenvalue weighted by Crippen LogP contribution is 2.34. The van der Waals surface area contributed by atoms with Crippen molar-refractivity contribution >= 4 is 39.1 Å². The summed E-state index contributed by atoms with van der Waals surface area (Å²) in [5.74, 6) is -0.602. The number of rotatable bonds is 12. The zero-order chi connectivity index (χ0) is 30.3. The number of hydrogen-bond acceptors (Lipinski definition) is 5. The van der Waals surface area contributed by atoms with E-state index in [-0.39, 0.29) is 29.1 Å². The van der Waals surface area contributed by atoms with E-state index in [1.165, 1.54) is 24.1 Å². The lowest BCUT2D eigenvalue weighted by molar-refractivity contribution is -0.139. The van der Waals surface area contributed by atoms with E-state index in [9.17, 15) is 18.0 Å². The van der Waals surface area contributed by atoms with E-state index < -0.39 is 28.5 Å². The number of halogens is 1. The molecule has 10 heteroatoms. The van der Waals surface area contributed by atoms with E-state index in [2.05, 4.69) is 5.32 Å². The Bertz CT molecular complexity index is 1480. The Balaban J connectivity index is 2.10. The number of amides is 2. The van der Waals surface area contributed by atoms with Crippen molar-refractivity contribution in [1.29, 1.82) is 0 Å². The molecule has 0 spiro atoms. The average molecular weight is 600 g/mol.